The second-order valence-electron chi connectivity index (χ2n) is 4.15. The third kappa shape index (κ3) is 4.13. The highest BCUT2D eigenvalue weighted by molar-refractivity contribution is 5.75. The Bertz CT molecular complexity index is 506. The van der Waals surface area contributed by atoms with Crippen LogP contribution in [0.25, 0.3) is 0 Å². The number of carbonyl (C=O) groups excluding carboxylic acids is 1. The van der Waals surface area contributed by atoms with E-state index in [1.54, 1.807) is 30.3 Å². The highest BCUT2D eigenvalue weighted by Gasteiger charge is 2.02. The maximum absolute atomic E-state index is 11.6. The number of nitrogens with zero attached hydrogens (tertiary/aromatic N) is 2. The zero-order chi connectivity index (χ0) is 13.5. The Labute approximate surface area is 112 Å². The number of hydrogen-bond acceptors (Lipinski definition) is 3. The largest absolute Gasteiger partial charge is 0.497 e. The molecule has 0 aliphatic heterocycles. The Kier molecular flexibility index (Phi) is 4.55. The van der Waals surface area contributed by atoms with Crippen LogP contribution in [-0.4, -0.2) is 29.3 Å². The molecule has 1 amide bonds. The maximum atomic E-state index is 11.6. The number of aromatic nitrogens is 2. The van der Waals surface area contributed by atoms with Gasteiger partial charge in [-0.15, -0.1) is 0 Å². The normalized spacial score (nSPS) is 10.2. The van der Waals surface area contributed by atoms with Crippen LogP contribution in [0.5, 0.6) is 5.75 Å². The Hall–Kier alpha value is -2.30. The first-order valence-electron chi connectivity index (χ1n) is 6.15. The highest BCUT2D eigenvalue weighted by Crippen LogP contribution is 2.11. The van der Waals surface area contributed by atoms with Crippen LogP contribution in [0, 0.1) is 0 Å². The fraction of sp³-hybridized carbons (Fsp3) is 0.286. The summed E-state index contributed by atoms with van der Waals surface area (Å²) in [5, 5.41) is 6.85. The van der Waals surface area contributed by atoms with Gasteiger partial charge in [-0.1, -0.05) is 12.1 Å². The van der Waals surface area contributed by atoms with Crippen LogP contribution >= 0.6 is 0 Å². The molecule has 0 radical (unpaired) electrons. The quantitative estimate of drug-likeness (QED) is 0.849. The van der Waals surface area contributed by atoms with Crippen molar-refractivity contribution in [3.63, 3.8) is 0 Å². The Balaban J connectivity index is 1.72. The Morgan fingerprint density at radius 1 is 1.37 bits per heavy atom. The third-order valence-electron chi connectivity index (χ3n) is 2.76. The van der Waals surface area contributed by atoms with Gasteiger partial charge in [-0.05, 0) is 30.2 Å². The van der Waals surface area contributed by atoms with Crippen molar-refractivity contribution in [2.45, 2.75) is 13.0 Å². The lowest BCUT2D eigenvalue weighted by molar-refractivity contribution is -0.121. The van der Waals surface area contributed by atoms with Gasteiger partial charge in [-0.2, -0.15) is 5.10 Å². The van der Waals surface area contributed by atoms with Crippen LogP contribution in [0.15, 0.2) is 42.7 Å². The summed E-state index contributed by atoms with van der Waals surface area (Å²) >= 11 is 0. The van der Waals surface area contributed by atoms with Crippen LogP contribution in [-0.2, 0) is 17.8 Å². The summed E-state index contributed by atoms with van der Waals surface area (Å²) in [4.78, 5) is 11.6. The predicted molar refractivity (Wildman–Crippen MR) is 71.9 cm³/mol. The van der Waals surface area contributed by atoms with Crippen molar-refractivity contribution < 1.29 is 9.53 Å². The molecule has 0 saturated carbocycles. The first kappa shape index (κ1) is 13.1. The van der Waals surface area contributed by atoms with Crippen LogP contribution in [0.4, 0.5) is 0 Å². The monoisotopic (exact) mass is 259 g/mol. The molecule has 100 valence electrons. The van der Waals surface area contributed by atoms with Gasteiger partial charge in [0.05, 0.1) is 7.11 Å². The number of carbonyl (C=O) groups is 1. The lowest BCUT2D eigenvalue weighted by Gasteiger charge is -2.06. The van der Waals surface area contributed by atoms with Gasteiger partial charge in [-0.25, -0.2) is 0 Å². The van der Waals surface area contributed by atoms with Crippen molar-refractivity contribution in [1.82, 2.24) is 15.1 Å². The number of hydrogen-bond donors (Lipinski definition) is 1. The summed E-state index contributed by atoms with van der Waals surface area (Å²) in [6.07, 6.45) is 4.22. The fourth-order valence-electron chi connectivity index (χ4n) is 1.74. The minimum Gasteiger partial charge on any atom is -0.497 e. The topological polar surface area (TPSA) is 56.1 Å². The number of amides is 1. The summed E-state index contributed by atoms with van der Waals surface area (Å²) in [6.45, 7) is 0.877. The van der Waals surface area contributed by atoms with E-state index in [1.165, 1.54) is 5.56 Å². The van der Waals surface area contributed by atoms with E-state index in [0.29, 0.717) is 6.54 Å². The van der Waals surface area contributed by atoms with Crippen LogP contribution < -0.4 is 10.1 Å². The van der Waals surface area contributed by atoms with E-state index in [0.717, 1.165) is 12.2 Å². The van der Waals surface area contributed by atoms with Gasteiger partial charge in [-0.3, -0.25) is 9.48 Å². The second-order valence-corrected chi connectivity index (χ2v) is 4.15. The highest BCUT2D eigenvalue weighted by atomic mass is 16.5. The molecule has 1 heterocycles. The van der Waals surface area contributed by atoms with E-state index in [2.05, 4.69) is 10.4 Å². The molecule has 1 aromatic heterocycles. The zero-order valence-electron chi connectivity index (χ0n) is 10.9. The third-order valence-corrected chi connectivity index (χ3v) is 2.76. The van der Waals surface area contributed by atoms with Crippen molar-refractivity contribution in [1.29, 1.82) is 0 Å². The molecule has 1 N–H and O–H groups in total. The molecule has 0 spiro atoms. The second kappa shape index (κ2) is 6.58. The van der Waals surface area contributed by atoms with Gasteiger partial charge in [0, 0.05) is 18.9 Å². The standard InChI is InChI=1S/C14H17N3O2/c1-19-13-5-3-12(4-6-13)7-9-15-14(18)11-17-10-2-8-16-17/h2-6,8,10H,7,9,11H2,1H3,(H,15,18). The molecule has 0 aliphatic rings. The fourth-order valence-corrected chi connectivity index (χ4v) is 1.74. The molecular weight excluding hydrogens is 242 g/mol. The summed E-state index contributed by atoms with van der Waals surface area (Å²) in [6, 6.07) is 9.63. The Morgan fingerprint density at radius 3 is 2.79 bits per heavy atom. The molecule has 0 fully saturated rings. The van der Waals surface area contributed by atoms with E-state index in [9.17, 15) is 4.79 Å². The zero-order valence-corrected chi connectivity index (χ0v) is 10.9. The lowest BCUT2D eigenvalue weighted by Crippen LogP contribution is -2.29. The van der Waals surface area contributed by atoms with Crippen molar-refractivity contribution in [2.24, 2.45) is 0 Å². The van der Waals surface area contributed by atoms with Gasteiger partial charge < -0.3 is 10.1 Å². The number of benzene rings is 1. The minimum absolute atomic E-state index is 0.0304. The minimum atomic E-state index is -0.0304. The van der Waals surface area contributed by atoms with Crippen LogP contribution in [0.3, 0.4) is 0 Å². The van der Waals surface area contributed by atoms with Crippen molar-refractivity contribution in [3.05, 3.63) is 48.3 Å². The molecule has 0 saturated heterocycles. The lowest BCUT2D eigenvalue weighted by atomic mass is 10.1. The molecule has 0 atom stereocenters. The predicted octanol–water partition coefficient (Wildman–Crippen LogP) is 1.25. The van der Waals surface area contributed by atoms with Gasteiger partial charge in [0.1, 0.15) is 12.3 Å². The molecule has 19 heavy (non-hydrogen) atoms. The number of ether oxygens (including phenoxy) is 1. The SMILES string of the molecule is COc1ccc(CCNC(=O)Cn2cccn2)cc1. The van der Waals surface area contributed by atoms with Gasteiger partial charge in [0.2, 0.25) is 5.91 Å². The molecule has 2 aromatic rings. The molecule has 1 aromatic carbocycles. The van der Waals surface area contributed by atoms with Crippen molar-refractivity contribution in [3.8, 4) is 5.75 Å². The van der Waals surface area contributed by atoms with E-state index in [-0.39, 0.29) is 12.5 Å². The van der Waals surface area contributed by atoms with Crippen molar-refractivity contribution >= 4 is 5.91 Å². The van der Waals surface area contributed by atoms with E-state index < -0.39 is 0 Å². The smallest absolute Gasteiger partial charge is 0.241 e. The van der Waals surface area contributed by atoms with Crippen molar-refractivity contribution in [2.75, 3.05) is 13.7 Å². The van der Waals surface area contributed by atoms with E-state index in [1.807, 2.05) is 24.3 Å². The number of rotatable bonds is 6. The maximum Gasteiger partial charge on any atom is 0.241 e. The number of nitrogens with one attached hydrogen (secondary N) is 1. The van der Waals surface area contributed by atoms with Gasteiger partial charge in [0.15, 0.2) is 0 Å². The summed E-state index contributed by atoms with van der Waals surface area (Å²) in [5.41, 5.74) is 1.17. The Morgan fingerprint density at radius 2 is 2.16 bits per heavy atom. The first-order valence-corrected chi connectivity index (χ1v) is 6.15. The molecule has 0 unspecified atom stereocenters. The molecule has 0 aliphatic carbocycles. The summed E-state index contributed by atoms with van der Waals surface area (Å²) in [5.74, 6) is 0.809. The van der Waals surface area contributed by atoms with Crippen LogP contribution in [0.2, 0.25) is 0 Å². The summed E-state index contributed by atoms with van der Waals surface area (Å²) < 4.78 is 6.69. The van der Waals surface area contributed by atoms with E-state index in [4.69, 9.17) is 4.74 Å². The van der Waals surface area contributed by atoms with Gasteiger partial charge >= 0.3 is 0 Å². The molecular formula is C14H17N3O2. The molecule has 0 bridgehead atoms. The molecule has 2 rings (SSSR count). The average Bonchev–Trinajstić information content (AvgIpc) is 2.92. The number of methoxy groups -OCH3 is 1. The summed E-state index contributed by atoms with van der Waals surface area (Å²) in [7, 11) is 1.64. The molecule has 5 nitrogen and oxygen atoms in total. The average molecular weight is 259 g/mol. The van der Waals surface area contributed by atoms with Gasteiger partial charge in [0.25, 0.3) is 0 Å². The molecule has 5 heteroatoms. The first-order chi connectivity index (χ1) is 9.28. The van der Waals surface area contributed by atoms with Crippen LogP contribution in [0.1, 0.15) is 5.56 Å². The van der Waals surface area contributed by atoms with E-state index >= 15 is 0 Å².